The number of benzene rings is 2. The molecule has 1 aliphatic rings. The zero-order valence-corrected chi connectivity index (χ0v) is 16.8. The predicted molar refractivity (Wildman–Crippen MR) is 116 cm³/mol. The van der Waals surface area contributed by atoms with Gasteiger partial charge in [0.2, 0.25) is 5.91 Å². The summed E-state index contributed by atoms with van der Waals surface area (Å²) < 4.78 is 0. The van der Waals surface area contributed by atoms with Gasteiger partial charge in [-0.15, -0.1) is 0 Å². The second-order valence-corrected chi connectivity index (χ2v) is 7.29. The lowest BCUT2D eigenvalue weighted by atomic mass is 10.2. The maximum Gasteiger partial charge on any atom is 0.219 e. The van der Waals surface area contributed by atoms with Crippen LogP contribution in [-0.2, 0) is 4.79 Å². The van der Waals surface area contributed by atoms with E-state index in [0.29, 0.717) is 18.9 Å². The highest BCUT2D eigenvalue weighted by molar-refractivity contribution is 5.73. The summed E-state index contributed by atoms with van der Waals surface area (Å²) in [6.07, 6.45) is 0. The molecule has 1 fully saturated rings. The number of carbonyl (C=O) groups is 1. The van der Waals surface area contributed by atoms with Gasteiger partial charge >= 0.3 is 0 Å². The van der Waals surface area contributed by atoms with Crippen molar-refractivity contribution < 1.29 is 4.79 Å². The molecule has 1 saturated heterocycles. The summed E-state index contributed by atoms with van der Waals surface area (Å²) >= 11 is 0. The second-order valence-electron chi connectivity index (χ2n) is 7.29. The Bertz CT molecular complexity index is 980. The highest BCUT2D eigenvalue weighted by Gasteiger charge is 2.21. The van der Waals surface area contributed by atoms with Gasteiger partial charge in [0.15, 0.2) is 5.82 Å². The van der Waals surface area contributed by atoms with E-state index >= 15 is 0 Å². The highest BCUT2D eigenvalue weighted by atomic mass is 16.2. The summed E-state index contributed by atoms with van der Waals surface area (Å²) in [5.41, 5.74) is 3.18. The van der Waals surface area contributed by atoms with Crippen LogP contribution in [0.3, 0.4) is 0 Å². The molecule has 29 heavy (non-hydrogen) atoms. The molecule has 1 amide bonds. The number of nitrogens with one attached hydrogen (secondary N) is 1. The fraction of sp³-hybridized carbons (Fsp3) is 0.261. The van der Waals surface area contributed by atoms with E-state index in [4.69, 9.17) is 9.97 Å². The Morgan fingerprint density at radius 2 is 1.62 bits per heavy atom. The van der Waals surface area contributed by atoms with Gasteiger partial charge in [-0.1, -0.05) is 48.0 Å². The van der Waals surface area contributed by atoms with Crippen molar-refractivity contribution in [3.05, 3.63) is 66.2 Å². The number of amides is 1. The first-order valence-corrected chi connectivity index (χ1v) is 9.87. The maximum atomic E-state index is 11.6. The van der Waals surface area contributed by atoms with Gasteiger partial charge in [-0.3, -0.25) is 4.79 Å². The van der Waals surface area contributed by atoms with Crippen LogP contribution < -0.4 is 10.2 Å². The highest BCUT2D eigenvalue weighted by Crippen LogP contribution is 2.25. The van der Waals surface area contributed by atoms with Gasteiger partial charge in [0, 0.05) is 50.4 Å². The molecular weight excluding hydrogens is 362 g/mol. The number of carbonyl (C=O) groups excluding carboxylic acids is 1. The van der Waals surface area contributed by atoms with Crippen molar-refractivity contribution in [1.29, 1.82) is 0 Å². The van der Waals surface area contributed by atoms with Crippen molar-refractivity contribution in [1.82, 2.24) is 14.9 Å². The SMILES string of the molecule is CC(=O)N1CCN(c2cc(Nc3ccc(C)cc3)nc(-c3ccccc3)n2)CC1. The van der Waals surface area contributed by atoms with Crippen molar-refractivity contribution in [3.63, 3.8) is 0 Å². The molecule has 6 nitrogen and oxygen atoms in total. The molecule has 2 aromatic carbocycles. The van der Waals surface area contributed by atoms with Crippen LogP contribution in [0.5, 0.6) is 0 Å². The van der Waals surface area contributed by atoms with Gasteiger partial charge in [-0.05, 0) is 19.1 Å². The van der Waals surface area contributed by atoms with Crippen molar-refractivity contribution >= 4 is 23.2 Å². The van der Waals surface area contributed by atoms with Crippen LogP contribution in [0.4, 0.5) is 17.3 Å². The third-order valence-corrected chi connectivity index (χ3v) is 5.12. The largest absolute Gasteiger partial charge is 0.353 e. The molecule has 1 N–H and O–H groups in total. The summed E-state index contributed by atoms with van der Waals surface area (Å²) in [6, 6.07) is 20.2. The van der Waals surface area contributed by atoms with Crippen LogP contribution in [0.1, 0.15) is 12.5 Å². The number of hydrogen-bond donors (Lipinski definition) is 1. The molecule has 6 heteroatoms. The Kier molecular flexibility index (Phi) is 5.42. The fourth-order valence-corrected chi connectivity index (χ4v) is 3.41. The van der Waals surface area contributed by atoms with E-state index in [-0.39, 0.29) is 5.91 Å². The molecule has 148 valence electrons. The Hall–Kier alpha value is -3.41. The molecule has 0 unspecified atom stereocenters. The first-order valence-electron chi connectivity index (χ1n) is 9.87. The Morgan fingerprint density at radius 3 is 2.28 bits per heavy atom. The number of aromatic nitrogens is 2. The van der Waals surface area contributed by atoms with Crippen LogP contribution in [0, 0.1) is 6.92 Å². The molecule has 4 rings (SSSR count). The van der Waals surface area contributed by atoms with E-state index in [9.17, 15) is 4.79 Å². The van der Waals surface area contributed by atoms with E-state index in [2.05, 4.69) is 29.3 Å². The van der Waals surface area contributed by atoms with Crippen molar-refractivity contribution in [3.8, 4) is 11.4 Å². The minimum atomic E-state index is 0.124. The van der Waals surface area contributed by atoms with E-state index in [1.54, 1.807) is 6.92 Å². The normalized spacial score (nSPS) is 14.0. The number of rotatable bonds is 4. The van der Waals surface area contributed by atoms with Crippen molar-refractivity contribution in [2.24, 2.45) is 0 Å². The molecule has 0 aliphatic carbocycles. The molecule has 1 aromatic heterocycles. The average Bonchev–Trinajstić information content (AvgIpc) is 2.76. The molecular formula is C23H25N5O. The Balaban J connectivity index is 1.65. The molecule has 0 atom stereocenters. The standard InChI is InChI=1S/C23H25N5O/c1-17-8-10-20(11-9-17)24-21-16-22(28-14-12-27(13-15-28)18(2)29)26-23(25-21)19-6-4-3-5-7-19/h3-11,16H,12-15H2,1-2H3,(H,24,25,26). The summed E-state index contributed by atoms with van der Waals surface area (Å²) in [7, 11) is 0. The third-order valence-electron chi connectivity index (χ3n) is 5.12. The summed E-state index contributed by atoms with van der Waals surface area (Å²) in [4.78, 5) is 25.3. The zero-order valence-electron chi connectivity index (χ0n) is 16.8. The van der Waals surface area contributed by atoms with Gasteiger partial charge in [0.05, 0.1) is 0 Å². The van der Waals surface area contributed by atoms with Gasteiger partial charge < -0.3 is 15.1 Å². The molecule has 0 bridgehead atoms. The third kappa shape index (κ3) is 4.54. The molecule has 0 saturated carbocycles. The first kappa shape index (κ1) is 18.9. The van der Waals surface area contributed by atoms with Crippen molar-refractivity contribution in [2.75, 3.05) is 36.4 Å². The maximum absolute atomic E-state index is 11.6. The second kappa shape index (κ2) is 8.31. The van der Waals surface area contributed by atoms with E-state index in [1.807, 2.05) is 53.4 Å². The number of piperazine rings is 1. The van der Waals surface area contributed by atoms with Gasteiger partial charge in [-0.25, -0.2) is 9.97 Å². The van der Waals surface area contributed by atoms with Crippen LogP contribution in [0.15, 0.2) is 60.7 Å². The molecule has 3 aromatic rings. The lowest BCUT2D eigenvalue weighted by molar-refractivity contribution is -0.129. The smallest absolute Gasteiger partial charge is 0.219 e. The Morgan fingerprint density at radius 1 is 0.931 bits per heavy atom. The number of aryl methyl sites for hydroxylation is 1. The number of anilines is 3. The first-order chi connectivity index (χ1) is 14.1. The van der Waals surface area contributed by atoms with Crippen LogP contribution in [0.25, 0.3) is 11.4 Å². The molecule has 2 heterocycles. The quantitative estimate of drug-likeness (QED) is 0.736. The summed E-state index contributed by atoms with van der Waals surface area (Å²) in [6.45, 7) is 6.63. The van der Waals surface area contributed by atoms with Crippen LogP contribution in [-0.4, -0.2) is 47.0 Å². The van der Waals surface area contributed by atoms with Crippen LogP contribution in [0.2, 0.25) is 0 Å². The van der Waals surface area contributed by atoms with Gasteiger partial charge in [0.1, 0.15) is 11.6 Å². The van der Waals surface area contributed by atoms with E-state index in [0.717, 1.165) is 36.0 Å². The monoisotopic (exact) mass is 387 g/mol. The van der Waals surface area contributed by atoms with E-state index < -0.39 is 0 Å². The van der Waals surface area contributed by atoms with E-state index in [1.165, 1.54) is 5.56 Å². The minimum Gasteiger partial charge on any atom is -0.353 e. The van der Waals surface area contributed by atoms with Gasteiger partial charge in [-0.2, -0.15) is 0 Å². The lowest BCUT2D eigenvalue weighted by Crippen LogP contribution is -2.48. The topological polar surface area (TPSA) is 61.4 Å². The predicted octanol–water partition coefficient (Wildman–Crippen LogP) is 3.86. The van der Waals surface area contributed by atoms with Crippen molar-refractivity contribution in [2.45, 2.75) is 13.8 Å². The number of hydrogen-bond acceptors (Lipinski definition) is 5. The fourth-order valence-electron chi connectivity index (χ4n) is 3.41. The zero-order chi connectivity index (χ0) is 20.2. The summed E-state index contributed by atoms with van der Waals surface area (Å²) in [5, 5.41) is 3.41. The minimum absolute atomic E-state index is 0.124. The molecule has 0 spiro atoms. The molecule has 1 aliphatic heterocycles. The lowest BCUT2D eigenvalue weighted by Gasteiger charge is -2.35. The number of nitrogens with zero attached hydrogens (tertiary/aromatic N) is 4. The van der Waals surface area contributed by atoms with Crippen LogP contribution >= 0.6 is 0 Å². The average molecular weight is 387 g/mol. The van der Waals surface area contributed by atoms with Gasteiger partial charge in [0.25, 0.3) is 0 Å². The Labute approximate surface area is 171 Å². The molecule has 0 radical (unpaired) electrons. The summed E-state index contributed by atoms with van der Waals surface area (Å²) in [5.74, 6) is 2.44.